The van der Waals surface area contributed by atoms with Crippen LogP contribution >= 0.6 is 0 Å². The third-order valence-corrected chi connectivity index (χ3v) is 1.50. The van der Waals surface area contributed by atoms with Gasteiger partial charge in [0.25, 0.3) is 5.56 Å². The summed E-state index contributed by atoms with van der Waals surface area (Å²) in [6, 6.07) is 1.39. The number of anilines is 1. The van der Waals surface area contributed by atoms with Crippen LogP contribution in [-0.4, -0.2) is 28.2 Å². The first-order valence-corrected chi connectivity index (χ1v) is 4.15. The first kappa shape index (κ1) is 9.73. The van der Waals surface area contributed by atoms with Crippen LogP contribution in [0.25, 0.3) is 0 Å². The molecule has 0 bridgehead atoms. The largest absolute Gasteiger partial charge is 0.396 e. The zero-order valence-electron chi connectivity index (χ0n) is 7.50. The molecule has 3 N–H and O–H groups in total. The number of aromatic nitrogens is 2. The zero-order chi connectivity index (χ0) is 9.68. The first-order valence-electron chi connectivity index (χ1n) is 4.15. The molecular weight excluding hydrogens is 170 g/mol. The van der Waals surface area contributed by atoms with Crippen LogP contribution in [0.1, 0.15) is 12.2 Å². The fourth-order valence-corrected chi connectivity index (χ4v) is 0.966. The summed E-state index contributed by atoms with van der Waals surface area (Å²) in [5.41, 5.74) is -0.168. The highest BCUT2D eigenvalue weighted by atomic mass is 16.3. The summed E-state index contributed by atoms with van der Waals surface area (Å²) in [6.07, 6.45) is 0.646. The molecule has 72 valence electrons. The number of aromatic amines is 1. The lowest BCUT2D eigenvalue weighted by Crippen LogP contribution is -2.13. The Labute approximate surface area is 75.8 Å². The van der Waals surface area contributed by atoms with Gasteiger partial charge in [-0.3, -0.25) is 4.79 Å². The minimum atomic E-state index is -0.168. The SMILES string of the molecule is Cc1nc(NCCCO)cc(=O)[nH]1. The molecule has 0 atom stereocenters. The Balaban J connectivity index is 2.61. The van der Waals surface area contributed by atoms with Crippen LogP contribution in [-0.2, 0) is 0 Å². The molecule has 0 amide bonds. The summed E-state index contributed by atoms with van der Waals surface area (Å²) in [5, 5.41) is 11.5. The molecule has 1 rings (SSSR count). The number of aliphatic hydroxyl groups excluding tert-OH is 1. The van der Waals surface area contributed by atoms with Gasteiger partial charge in [-0.05, 0) is 13.3 Å². The van der Waals surface area contributed by atoms with Crippen molar-refractivity contribution in [1.29, 1.82) is 0 Å². The van der Waals surface area contributed by atoms with Gasteiger partial charge in [-0.1, -0.05) is 0 Å². The molecular formula is C8H13N3O2. The van der Waals surface area contributed by atoms with Crippen molar-refractivity contribution in [3.63, 3.8) is 0 Å². The second-order valence-electron chi connectivity index (χ2n) is 2.72. The van der Waals surface area contributed by atoms with Crippen molar-refractivity contribution >= 4 is 5.82 Å². The molecule has 1 aromatic rings. The maximum atomic E-state index is 11.0. The third-order valence-electron chi connectivity index (χ3n) is 1.50. The number of nitrogens with zero attached hydrogens (tertiary/aromatic N) is 1. The smallest absolute Gasteiger partial charge is 0.252 e. The molecule has 0 radical (unpaired) electrons. The van der Waals surface area contributed by atoms with Gasteiger partial charge < -0.3 is 15.4 Å². The highest BCUT2D eigenvalue weighted by Gasteiger charge is 1.95. The van der Waals surface area contributed by atoms with Crippen molar-refractivity contribution in [2.45, 2.75) is 13.3 Å². The van der Waals surface area contributed by atoms with Crippen LogP contribution in [0, 0.1) is 6.92 Å². The van der Waals surface area contributed by atoms with Crippen LogP contribution in [0.4, 0.5) is 5.82 Å². The standard InChI is InChI=1S/C8H13N3O2/c1-6-10-7(5-8(13)11-6)9-3-2-4-12/h5,12H,2-4H2,1H3,(H2,9,10,11,13). The van der Waals surface area contributed by atoms with Crippen molar-refractivity contribution < 1.29 is 5.11 Å². The number of nitrogens with one attached hydrogen (secondary N) is 2. The van der Waals surface area contributed by atoms with Crippen LogP contribution in [0.5, 0.6) is 0 Å². The minimum Gasteiger partial charge on any atom is -0.396 e. The number of hydrogen-bond acceptors (Lipinski definition) is 4. The molecule has 0 aliphatic rings. The van der Waals surface area contributed by atoms with E-state index in [0.29, 0.717) is 24.6 Å². The van der Waals surface area contributed by atoms with E-state index in [4.69, 9.17) is 5.11 Å². The second-order valence-corrected chi connectivity index (χ2v) is 2.72. The Morgan fingerprint density at radius 2 is 2.46 bits per heavy atom. The molecule has 0 spiro atoms. The predicted octanol–water partition coefficient (Wildman–Crippen LogP) is -0.127. The zero-order valence-corrected chi connectivity index (χ0v) is 7.50. The lowest BCUT2D eigenvalue weighted by molar-refractivity contribution is 0.292. The number of aryl methyl sites for hydroxylation is 1. The van der Waals surface area contributed by atoms with Crippen LogP contribution < -0.4 is 10.9 Å². The van der Waals surface area contributed by atoms with E-state index < -0.39 is 0 Å². The molecule has 5 heteroatoms. The fraction of sp³-hybridized carbons (Fsp3) is 0.500. The molecule has 13 heavy (non-hydrogen) atoms. The van der Waals surface area contributed by atoms with Gasteiger partial charge in [0.2, 0.25) is 0 Å². The van der Waals surface area contributed by atoms with Gasteiger partial charge in [0.05, 0.1) is 0 Å². The van der Waals surface area contributed by atoms with Crippen molar-refractivity contribution in [1.82, 2.24) is 9.97 Å². The Bertz CT molecular complexity index is 321. The van der Waals surface area contributed by atoms with Gasteiger partial charge in [-0.25, -0.2) is 4.98 Å². The first-order chi connectivity index (χ1) is 6.22. The highest BCUT2D eigenvalue weighted by Crippen LogP contribution is 1.97. The summed E-state index contributed by atoms with van der Waals surface area (Å²) in [7, 11) is 0. The van der Waals surface area contributed by atoms with Gasteiger partial charge in [0.1, 0.15) is 11.6 Å². The third kappa shape index (κ3) is 3.25. The summed E-state index contributed by atoms with van der Waals surface area (Å²) < 4.78 is 0. The monoisotopic (exact) mass is 183 g/mol. The number of aliphatic hydroxyl groups is 1. The van der Waals surface area contributed by atoms with Crippen molar-refractivity contribution in [3.05, 3.63) is 22.2 Å². The Hall–Kier alpha value is -1.36. The van der Waals surface area contributed by atoms with E-state index in [9.17, 15) is 4.79 Å². The fourth-order valence-electron chi connectivity index (χ4n) is 0.966. The van der Waals surface area contributed by atoms with Crippen molar-refractivity contribution in [2.24, 2.45) is 0 Å². The Morgan fingerprint density at radius 1 is 1.69 bits per heavy atom. The molecule has 0 saturated heterocycles. The summed E-state index contributed by atoms with van der Waals surface area (Å²) >= 11 is 0. The van der Waals surface area contributed by atoms with E-state index in [-0.39, 0.29) is 12.2 Å². The average Bonchev–Trinajstić information content (AvgIpc) is 2.03. The molecule has 0 aromatic carbocycles. The summed E-state index contributed by atoms with van der Waals surface area (Å²) in [5.74, 6) is 1.13. The maximum Gasteiger partial charge on any atom is 0.252 e. The summed E-state index contributed by atoms with van der Waals surface area (Å²) in [6.45, 7) is 2.47. The lowest BCUT2D eigenvalue weighted by Gasteiger charge is -2.03. The number of rotatable bonds is 4. The van der Waals surface area contributed by atoms with Crippen LogP contribution in [0.3, 0.4) is 0 Å². The van der Waals surface area contributed by atoms with Gasteiger partial charge in [0.15, 0.2) is 0 Å². The summed E-state index contributed by atoms with van der Waals surface area (Å²) in [4.78, 5) is 17.6. The van der Waals surface area contributed by atoms with Crippen LogP contribution in [0.15, 0.2) is 10.9 Å². The minimum absolute atomic E-state index is 0.134. The van der Waals surface area contributed by atoms with Gasteiger partial charge in [-0.15, -0.1) is 0 Å². The maximum absolute atomic E-state index is 11.0. The van der Waals surface area contributed by atoms with Crippen molar-refractivity contribution in [3.8, 4) is 0 Å². The Kier molecular flexibility index (Phi) is 3.45. The van der Waals surface area contributed by atoms with Crippen LogP contribution in [0.2, 0.25) is 0 Å². The normalized spacial score (nSPS) is 10.0. The van der Waals surface area contributed by atoms with E-state index >= 15 is 0 Å². The van der Waals surface area contributed by atoms with E-state index in [0.717, 1.165) is 0 Å². The number of hydrogen-bond donors (Lipinski definition) is 3. The second kappa shape index (κ2) is 4.61. The van der Waals surface area contributed by atoms with E-state index in [1.165, 1.54) is 6.07 Å². The van der Waals surface area contributed by atoms with E-state index in [2.05, 4.69) is 15.3 Å². The molecule has 0 aliphatic carbocycles. The Morgan fingerprint density at radius 3 is 3.08 bits per heavy atom. The van der Waals surface area contributed by atoms with Gasteiger partial charge in [0, 0.05) is 19.2 Å². The number of H-pyrrole nitrogens is 1. The molecule has 0 aliphatic heterocycles. The van der Waals surface area contributed by atoms with Gasteiger partial charge in [-0.2, -0.15) is 0 Å². The van der Waals surface area contributed by atoms with E-state index in [1.807, 2.05) is 0 Å². The van der Waals surface area contributed by atoms with Crippen molar-refractivity contribution in [2.75, 3.05) is 18.5 Å². The quantitative estimate of drug-likeness (QED) is 0.568. The van der Waals surface area contributed by atoms with E-state index in [1.54, 1.807) is 6.92 Å². The molecule has 0 unspecified atom stereocenters. The average molecular weight is 183 g/mol. The molecule has 1 aromatic heterocycles. The lowest BCUT2D eigenvalue weighted by atomic mass is 10.4. The predicted molar refractivity (Wildman–Crippen MR) is 49.8 cm³/mol. The molecule has 0 fully saturated rings. The molecule has 1 heterocycles. The molecule has 5 nitrogen and oxygen atoms in total. The van der Waals surface area contributed by atoms with Gasteiger partial charge >= 0.3 is 0 Å². The molecule has 0 saturated carbocycles. The highest BCUT2D eigenvalue weighted by molar-refractivity contribution is 5.32. The topological polar surface area (TPSA) is 78.0 Å².